The zero-order valence-electron chi connectivity index (χ0n) is 9.32. The number of halogens is 2. The van der Waals surface area contributed by atoms with Gasteiger partial charge in [0.25, 0.3) is 0 Å². The molecule has 0 saturated carbocycles. The first kappa shape index (κ1) is 13.8. The number of hydrogen-bond donors (Lipinski definition) is 2. The minimum Gasteiger partial charge on any atom is -0.390 e. The Balaban J connectivity index is 2.73. The van der Waals surface area contributed by atoms with Crippen molar-refractivity contribution in [2.75, 3.05) is 0 Å². The van der Waals surface area contributed by atoms with Gasteiger partial charge in [-0.05, 0) is 23.6 Å². The maximum absolute atomic E-state index is 9.79. The maximum Gasteiger partial charge on any atom is 0.0842 e. The molecular formula is C12H16Cl2O2. The molecule has 2 nitrogen and oxygen atoms in total. The molecule has 0 spiro atoms. The predicted octanol–water partition coefficient (Wildman–Crippen LogP) is 2.91. The van der Waals surface area contributed by atoms with E-state index >= 15 is 0 Å². The lowest BCUT2D eigenvalue weighted by molar-refractivity contribution is -0.00730. The van der Waals surface area contributed by atoms with Crippen LogP contribution < -0.4 is 0 Å². The van der Waals surface area contributed by atoms with Gasteiger partial charge in [0.1, 0.15) is 0 Å². The largest absolute Gasteiger partial charge is 0.390 e. The molecule has 90 valence electrons. The van der Waals surface area contributed by atoms with Crippen LogP contribution in [0.15, 0.2) is 18.2 Å². The van der Waals surface area contributed by atoms with Crippen LogP contribution in [0.4, 0.5) is 0 Å². The summed E-state index contributed by atoms with van der Waals surface area (Å²) in [5.74, 6) is 0.0149. The summed E-state index contributed by atoms with van der Waals surface area (Å²) < 4.78 is 0. The summed E-state index contributed by atoms with van der Waals surface area (Å²) in [5, 5.41) is 20.6. The standard InChI is InChI=1S/C12H16Cl2O2/c1-7(2)12(16)11(15)5-8-3-4-9(13)6-10(8)14/h3-4,6-7,11-12,15-16H,5H2,1-2H3. The fraction of sp³-hybridized carbons (Fsp3) is 0.500. The molecule has 2 N–H and O–H groups in total. The molecule has 0 amide bonds. The van der Waals surface area contributed by atoms with E-state index in [1.54, 1.807) is 18.2 Å². The van der Waals surface area contributed by atoms with E-state index < -0.39 is 12.2 Å². The lowest BCUT2D eigenvalue weighted by Crippen LogP contribution is -2.32. The molecule has 0 radical (unpaired) electrons. The molecule has 1 aromatic carbocycles. The van der Waals surface area contributed by atoms with Gasteiger partial charge in [-0.1, -0.05) is 43.1 Å². The van der Waals surface area contributed by atoms with Crippen LogP contribution in [0.1, 0.15) is 19.4 Å². The van der Waals surface area contributed by atoms with Crippen molar-refractivity contribution in [3.8, 4) is 0 Å². The lowest BCUT2D eigenvalue weighted by Gasteiger charge is -2.21. The van der Waals surface area contributed by atoms with Gasteiger partial charge in [0.05, 0.1) is 12.2 Å². The Morgan fingerprint density at radius 1 is 1.19 bits per heavy atom. The van der Waals surface area contributed by atoms with Gasteiger partial charge in [-0.2, -0.15) is 0 Å². The highest BCUT2D eigenvalue weighted by Gasteiger charge is 2.20. The van der Waals surface area contributed by atoms with Gasteiger partial charge in [0, 0.05) is 16.5 Å². The maximum atomic E-state index is 9.79. The SMILES string of the molecule is CC(C)C(O)C(O)Cc1ccc(Cl)cc1Cl. The predicted molar refractivity (Wildman–Crippen MR) is 67.0 cm³/mol. The Hall–Kier alpha value is -0.280. The fourth-order valence-corrected chi connectivity index (χ4v) is 1.96. The lowest BCUT2D eigenvalue weighted by atomic mass is 9.96. The number of benzene rings is 1. The van der Waals surface area contributed by atoms with Gasteiger partial charge in [-0.15, -0.1) is 0 Å². The van der Waals surface area contributed by atoms with E-state index in [1.807, 2.05) is 13.8 Å². The topological polar surface area (TPSA) is 40.5 Å². The van der Waals surface area contributed by atoms with Crippen molar-refractivity contribution in [2.24, 2.45) is 5.92 Å². The quantitative estimate of drug-likeness (QED) is 0.876. The summed E-state index contributed by atoms with van der Waals surface area (Å²) in [5.41, 5.74) is 0.790. The number of aliphatic hydroxyl groups excluding tert-OH is 2. The molecule has 0 fully saturated rings. The smallest absolute Gasteiger partial charge is 0.0842 e. The third-order valence-electron chi connectivity index (χ3n) is 2.52. The second-order valence-corrected chi connectivity index (χ2v) is 5.09. The van der Waals surface area contributed by atoms with Gasteiger partial charge in [0.15, 0.2) is 0 Å². The average molecular weight is 263 g/mol. The van der Waals surface area contributed by atoms with Crippen molar-refractivity contribution in [3.05, 3.63) is 33.8 Å². The first-order chi connectivity index (χ1) is 7.41. The molecule has 2 unspecified atom stereocenters. The van der Waals surface area contributed by atoms with Crippen molar-refractivity contribution in [3.63, 3.8) is 0 Å². The van der Waals surface area contributed by atoms with Gasteiger partial charge in [-0.3, -0.25) is 0 Å². The van der Waals surface area contributed by atoms with Crippen LogP contribution in [-0.4, -0.2) is 22.4 Å². The van der Waals surface area contributed by atoms with Crippen LogP contribution in [0.25, 0.3) is 0 Å². The van der Waals surface area contributed by atoms with Gasteiger partial charge < -0.3 is 10.2 Å². The van der Waals surface area contributed by atoms with Gasteiger partial charge >= 0.3 is 0 Å². The summed E-state index contributed by atoms with van der Waals surface area (Å²) >= 11 is 11.8. The Labute approximate surface area is 106 Å². The first-order valence-electron chi connectivity index (χ1n) is 5.22. The Morgan fingerprint density at radius 2 is 1.81 bits per heavy atom. The minimum atomic E-state index is -0.807. The molecule has 0 aliphatic carbocycles. The van der Waals surface area contributed by atoms with Crippen molar-refractivity contribution in [2.45, 2.75) is 32.5 Å². The first-order valence-corrected chi connectivity index (χ1v) is 5.97. The zero-order valence-corrected chi connectivity index (χ0v) is 10.8. The molecule has 0 heterocycles. The molecule has 2 atom stereocenters. The van der Waals surface area contributed by atoms with E-state index in [-0.39, 0.29) is 5.92 Å². The zero-order chi connectivity index (χ0) is 12.3. The average Bonchev–Trinajstić information content (AvgIpc) is 2.20. The summed E-state index contributed by atoms with van der Waals surface area (Å²) in [6, 6.07) is 5.12. The monoisotopic (exact) mass is 262 g/mol. The van der Waals surface area contributed by atoms with Crippen molar-refractivity contribution < 1.29 is 10.2 Å². The number of rotatable bonds is 4. The van der Waals surface area contributed by atoms with Crippen LogP contribution >= 0.6 is 23.2 Å². The number of hydrogen-bond acceptors (Lipinski definition) is 2. The third kappa shape index (κ3) is 3.63. The highest BCUT2D eigenvalue weighted by molar-refractivity contribution is 6.35. The van der Waals surface area contributed by atoms with Gasteiger partial charge in [0.2, 0.25) is 0 Å². The summed E-state index contributed by atoms with van der Waals surface area (Å²) in [7, 11) is 0. The molecule has 0 aliphatic heterocycles. The van der Waals surface area contributed by atoms with Gasteiger partial charge in [-0.25, -0.2) is 0 Å². The Morgan fingerprint density at radius 3 is 2.31 bits per heavy atom. The molecule has 4 heteroatoms. The Bertz CT molecular complexity index is 353. The van der Waals surface area contributed by atoms with Crippen molar-refractivity contribution >= 4 is 23.2 Å². The number of aliphatic hydroxyl groups is 2. The van der Waals surface area contributed by atoms with Crippen LogP contribution in [0.3, 0.4) is 0 Å². The van der Waals surface area contributed by atoms with E-state index in [1.165, 1.54) is 0 Å². The third-order valence-corrected chi connectivity index (χ3v) is 3.11. The molecule has 0 saturated heterocycles. The highest BCUT2D eigenvalue weighted by atomic mass is 35.5. The Kier molecular flexibility index (Phi) is 5.06. The van der Waals surface area contributed by atoms with Crippen LogP contribution in [-0.2, 0) is 6.42 Å². The summed E-state index contributed by atoms with van der Waals surface area (Å²) in [6.07, 6.45) is -1.22. The highest BCUT2D eigenvalue weighted by Crippen LogP contribution is 2.23. The molecule has 0 aromatic heterocycles. The molecule has 1 aromatic rings. The van der Waals surface area contributed by atoms with Crippen molar-refractivity contribution in [1.29, 1.82) is 0 Å². The van der Waals surface area contributed by atoms with Crippen LogP contribution in [0.5, 0.6) is 0 Å². The van der Waals surface area contributed by atoms with E-state index in [9.17, 15) is 10.2 Å². The van der Waals surface area contributed by atoms with E-state index in [2.05, 4.69) is 0 Å². The molecule has 1 rings (SSSR count). The molecule has 16 heavy (non-hydrogen) atoms. The van der Waals surface area contributed by atoms with E-state index in [0.717, 1.165) is 5.56 Å². The summed E-state index contributed by atoms with van der Waals surface area (Å²) in [4.78, 5) is 0. The minimum absolute atomic E-state index is 0.0149. The van der Waals surface area contributed by atoms with Crippen LogP contribution in [0.2, 0.25) is 10.0 Å². The molecule has 0 aliphatic rings. The van der Waals surface area contributed by atoms with E-state index in [4.69, 9.17) is 23.2 Å². The normalized spacial score (nSPS) is 15.2. The van der Waals surface area contributed by atoms with Crippen LogP contribution in [0, 0.1) is 5.92 Å². The fourth-order valence-electron chi connectivity index (χ4n) is 1.48. The van der Waals surface area contributed by atoms with Crippen molar-refractivity contribution in [1.82, 2.24) is 0 Å². The molecular weight excluding hydrogens is 247 g/mol. The second kappa shape index (κ2) is 5.87. The second-order valence-electron chi connectivity index (χ2n) is 4.24. The summed E-state index contributed by atoms with van der Waals surface area (Å²) in [6.45, 7) is 3.72. The molecule has 0 bridgehead atoms. The van der Waals surface area contributed by atoms with E-state index in [0.29, 0.717) is 16.5 Å².